The topological polar surface area (TPSA) is 54.3 Å². The van der Waals surface area contributed by atoms with E-state index in [0.29, 0.717) is 0 Å². The lowest BCUT2D eigenvalue weighted by molar-refractivity contribution is -0.128. The molecule has 3 rings (SSSR count). The first-order valence-corrected chi connectivity index (χ1v) is 7.18. The molecule has 2 aliphatic carbocycles. The molecule has 21 heavy (non-hydrogen) atoms. The van der Waals surface area contributed by atoms with E-state index in [1.807, 2.05) is 26.8 Å². The van der Waals surface area contributed by atoms with Crippen molar-refractivity contribution in [1.82, 2.24) is 4.98 Å². The van der Waals surface area contributed by atoms with Crippen LogP contribution in [-0.4, -0.2) is 10.8 Å². The van der Waals surface area contributed by atoms with Gasteiger partial charge in [0.1, 0.15) is 0 Å². The number of hydrogen-bond acceptors (Lipinski definition) is 2. The summed E-state index contributed by atoms with van der Waals surface area (Å²) in [6.45, 7) is 13.2. The van der Waals surface area contributed by atoms with Crippen molar-refractivity contribution in [2.75, 3.05) is 0 Å². The van der Waals surface area contributed by atoms with Gasteiger partial charge in [0.15, 0.2) is 5.78 Å². The molecule has 1 aromatic rings. The van der Waals surface area contributed by atoms with Gasteiger partial charge in [0.05, 0.1) is 6.57 Å². The molecule has 0 spiro atoms. The number of nitrogens with one attached hydrogen (secondary N) is 1. The number of Topliss-reactive ketones (excluding diaryl/α,β-unsaturated/α-hetero) is 1. The van der Waals surface area contributed by atoms with Gasteiger partial charge < -0.3 is 9.78 Å². The zero-order valence-corrected chi connectivity index (χ0v) is 12.5. The lowest BCUT2D eigenvalue weighted by Gasteiger charge is -2.50. The van der Waals surface area contributed by atoms with Crippen LogP contribution in [0, 0.1) is 17.9 Å². The smallest absolute Gasteiger partial charge is 0.248 e. The number of pyridine rings is 1. The number of aromatic amines is 1. The monoisotopic (exact) mass is 282 g/mol. The van der Waals surface area contributed by atoms with Gasteiger partial charge in [0, 0.05) is 22.6 Å². The molecule has 0 aliphatic heterocycles. The highest BCUT2D eigenvalue weighted by Crippen LogP contribution is 2.53. The van der Waals surface area contributed by atoms with E-state index in [1.165, 1.54) is 0 Å². The van der Waals surface area contributed by atoms with Crippen molar-refractivity contribution in [3.8, 4) is 0 Å². The summed E-state index contributed by atoms with van der Waals surface area (Å²) in [4.78, 5) is 30.6. The van der Waals surface area contributed by atoms with Crippen LogP contribution in [-0.2, 0) is 16.6 Å². The van der Waals surface area contributed by atoms with E-state index in [0.717, 1.165) is 24.1 Å². The maximum Gasteiger partial charge on any atom is 0.248 e. The molecule has 0 radical (unpaired) electrons. The third-order valence-corrected chi connectivity index (χ3v) is 5.22. The summed E-state index contributed by atoms with van der Waals surface area (Å²) in [5, 5.41) is 0. The lowest BCUT2D eigenvalue weighted by atomic mass is 9.53. The van der Waals surface area contributed by atoms with Gasteiger partial charge in [-0.2, -0.15) is 0 Å². The molecular weight excluding hydrogens is 264 g/mol. The molecule has 1 aromatic heterocycles. The van der Waals surface area contributed by atoms with Crippen molar-refractivity contribution >= 4 is 5.78 Å². The largest absolute Gasteiger partial charge is 0.325 e. The Morgan fingerprint density at radius 3 is 2.67 bits per heavy atom. The third kappa shape index (κ3) is 1.73. The molecule has 0 unspecified atom stereocenters. The Balaban J connectivity index is 2.32. The molecule has 4 heteroatoms. The van der Waals surface area contributed by atoms with Crippen LogP contribution in [0.15, 0.2) is 28.7 Å². The molecule has 108 valence electrons. The summed E-state index contributed by atoms with van der Waals surface area (Å²) in [5.41, 5.74) is 0.977. The van der Waals surface area contributed by atoms with Crippen molar-refractivity contribution in [2.45, 2.75) is 39.0 Å². The highest BCUT2D eigenvalue weighted by molar-refractivity contribution is 6.02. The van der Waals surface area contributed by atoms with Crippen molar-refractivity contribution in [3.63, 3.8) is 0 Å². The molecule has 0 bridgehead atoms. The summed E-state index contributed by atoms with van der Waals surface area (Å²) >= 11 is 0. The molecule has 0 saturated carbocycles. The molecule has 0 fully saturated rings. The van der Waals surface area contributed by atoms with Gasteiger partial charge in [-0.3, -0.25) is 4.79 Å². The summed E-state index contributed by atoms with van der Waals surface area (Å²) < 4.78 is 0. The number of H-pyrrole nitrogens is 1. The molecular formula is C17H18N2O2. The first-order chi connectivity index (χ1) is 9.80. The fourth-order valence-corrected chi connectivity index (χ4v) is 4.17. The standard InChI is InChI=1S/C17H18N2O2/c1-16(2)12-7-5-10-6-8-13(20)19-14(10)17(12,3)9-11(18-4)15(16)21/h6,8-9,12H,5,7H2,1-3H3,(H,19,20)/t12-,17-/m0/s1. The zero-order valence-electron chi connectivity index (χ0n) is 12.5. The summed E-state index contributed by atoms with van der Waals surface area (Å²) in [5.74, 6) is 0.00949. The van der Waals surface area contributed by atoms with Crippen LogP contribution in [0.25, 0.3) is 4.85 Å². The van der Waals surface area contributed by atoms with Crippen molar-refractivity contribution in [1.29, 1.82) is 0 Å². The second-order valence-corrected chi connectivity index (χ2v) is 6.79. The number of aromatic nitrogens is 1. The number of allylic oxidation sites excluding steroid dienone is 2. The van der Waals surface area contributed by atoms with Crippen LogP contribution < -0.4 is 5.56 Å². The number of carbonyl (C=O) groups excluding carboxylic acids is 1. The second kappa shape index (κ2) is 4.17. The average molecular weight is 282 g/mol. The molecule has 2 aliphatic rings. The van der Waals surface area contributed by atoms with E-state index in [9.17, 15) is 9.59 Å². The van der Waals surface area contributed by atoms with Gasteiger partial charge in [0.2, 0.25) is 11.3 Å². The molecule has 1 N–H and O–H groups in total. The van der Waals surface area contributed by atoms with Gasteiger partial charge in [-0.05, 0) is 24.3 Å². The summed E-state index contributed by atoms with van der Waals surface area (Å²) in [7, 11) is 0. The van der Waals surface area contributed by atoms with Crippen LogP contribution in [0.4, 0.5) is 0 Å². The normalized spacial score (nSPS) is 29.9. The van der Waals surface area contributed by atoms with Crippen LogP contribution in [0.5, 0.6) is 0 Å². The molecule has 2 atom stereocenters. The zero-order chi connectivity index (χ0) is 15.4. The number of fused-ring (bicyclic) bond motifs is 3. The number of ketones is 1. The number of carbonyl (C=O) groups is 1. The Morgan fingerprint density at radius 1 is 1.29 bits per heavy atom. The van der Waals surface area contributed by atoms with Gasteiger partial charge in [-0.25, -0.2) is 4.85 Å². The Labute approximate surface area is 123 Å². The first kappa shape index (κ1) is 13.8. The number of hydrogen-bond donors (Lipinski definition) is 1. The van der Waals surface area contributed by atoms with Crippen molar-refractivity contribution < 1.29 is 4.79 Å². The van der Waals surface area contributed by atoms with Gasteiger partial charge in [-0.1, -0.05) is 32.9 Å². The number of nitrogens with zero attached hydrogens (tertiary/aromatic N) is 1. The van der Waals surface area contributed by atoms with E-state index < -0.39 is 10.8 Å². The summed E-state index contributed by atoms with van der Waals surface area (Å²) in [6.07, 6.45) is 3.51. The highest BCUT2D eigenvalue weighted by Gasteiger charge is 2.53. The van der Waals surface area contributed by atoms with E-state index in [4.69, 9.17) is 6.57 Å². The minimum Gasteiger partial charge on any atom is -0.325 e. The Bertz CT molecular complexity index is 764. The minimum absolute atomic E-state index is 0.0818. The van der Waals surface area contributed by atoms with E-state index >= 15 is 0 Å². The molecule has 0 amide bonds. The van der Waals surface area contributed by atoms with E-state index in [2.05, 4.69) is 9.83 Å². The Kier molecular flexibility index (Phi) is 2.75. The maximum absolute atomic E-state index is 12.5. The quantitative estimate of drug-likeness (QED) is 0.744. The predicted molar refractivity (Wildman–Crippen MR) is 79.7 cm³/mol. The van der Waals surface area contributed by atoms with Crippen molar-refractivity contribution in [2.24, 2.45) is 11.3 Å². The van der Waals surface area contributed by atoms with Gasteiger partial charge in [-0.15, -0.1) is 0 Å². The maximum atomic E-state index is 12.5. The van der Waals surface area contributed by atoms with E-state index in [1.54, 1.807) is 12.1 Å². The van der Waals surface area contributed by atoms with Crippen LogP contribution in [0.3, 0.4) is 0 Å². The van der Waals surface area contributed by atoms with Gasteiger partial charge >= 0.3 is 0 Å². The fourth-order valence-electron chi connectivity index (χ4n) is 4.17. The van der Waals surface area contributed by atoms with Gasteiger partial charge in [0.25, 0.3) is 0 Å². The SMILES string of the molecule is [C-]#[N+]C1=C[C@]2(C)c3[nH]c(=O)ccc3CC[C@H]2C(C)(C)C1=O. The van der Waals surface area contributed by atoms with Crippen LogP contribution in [0.2, 0.25) is 0 Å². The van der Waals surface area contributed by atoms with Crippen LogP contribution >= 0.6 is 0 Å². The Morgan fingerprint density at radius 2 is 2.00 bits per heavy atom. The highest BCUT2D eigenvalue weighted by atomic mass is 16.1. The molecule has 1 heterocycles. The fraction of sp³-hybridized carbons (Fsp3) is 0.471. The second-order valence-electron chi connectivity index (χ2n) is 6.79. The molecule has 4 nitrogen and oxygen atoms in total. The van der Waals surface area contributed by atoms with Crippen LogP contribution in [0.1, 0.15) is 38.4 Å². The molecule has 0 saturated heterocycles. The third-order valence-electron chi connectivity index (χ3n) is 5.22. The number of aryl methyl sites for hydroxylation is 1. The number of rotatable bonds is 0. The van der Waals surface area contributed by atoms with Crippen molar-refractivity contribution in [3.05, 3.63) is 56.9 Å². The lowest BCUT2D eigenvalue weighted by Crippen LogP contribution is -2.51. The Hall–Kier alpha value is -2.15. The predicted octanol–water partition coefficient (Wildman–Crippen LogP) is 2.61. The summed E-state index contributed by atoms with van der Waals surface area (Å²) in [6, 6.07) is 3.41. The average Bonchev–Trinajstić information content (AvgIpc) is 2.43. The minimum atomic E-state index is -0.589. The first-order valence-electron chi connectivity index (χ1n) is 7.18. The van der Waals surface area contributed by atoms with E-state index in [-0.39, 0.29) is 23.0 Å². The molecule has 0 aromatic carbocycles.